The third-order valence-electron chi connectivity index (χ3n) is 11.9. The Kier molecular flexibility index (Phi) is 8.56. The summed E-state index contributed by atoms with van der Waals surface area (Å²) in [6.07, 6.45) is 16.8. The van der Waals surface area contributed by atoms with Gasteiger partial charge in [-0.15, -0.1) is 0 Å². The molecule has 1 aromatic rings. The van der Waals surface area contributed by atoms with Gasteiger partial charge >= 0.3 is 5.97 Å². The summed E-state index contributed by atoms with van der Waals surface area (Å²) in [5, 5.41) is 0. The molecule has 3 nitrogen and oxygen atoms in total. The molecule has 3 fully saturated rings. The second kappa shape index (κ2) is 11.6. The second-order valence-corrected chi connectivity index (χ2v) is 14.5. The Balaban J connectivity index is 1.22. The van der Waals surface area contributed by atoms with Gasteiger partial charge in [0.1, 0.15) is 11.9 Å². The van der Waals surface area contributed by atoms with Crippen LogP contribution >= 0.6 is 0 Å². The van der Waals surface area contributed by atoms with Crippen LogP contribution in [0.5, 0.6) is 5.75 Å². The van der Waals surface area contributed by atoms with Crippen molar-refractivity contribution in [3.63, 3.8) is 0 Å². The molecule has 3 heteroatoms. The summed E-state index contributed by atoms with van der Waals surface area (Å²) in [7, 11) is 0. The molecule has 1 aromatic carbocycles. The van der Waals surface area contributed by atoms with Gasteiger partial charge in [0.15, 0.2) is 0 Å². The van der Waals surface area contributed by atoms with Crippen molar-refractivity contribution in [1.82, 2.24) is 0 Å². The first-order valence-electron chi connectivity index (χ1n) is 16.3. The molecule has 39 heavy (non-hydrogen) atoms. The Morgan fingerprint density at radius 1 is 0.974 bits per heavy atom. The van der Waals surface area contributed by atoms with Gasteiger partial charge in [-0.1, -0.05) is 65.5 Å². The van der Waals surface area contributed by atoms with Gasteiger partial charge in [0.05, 0.1) is 12.2 Å². The van der Waals surface area contributed by atoms with Gasteiger partial charge in [-0.2, -0.15) is 0 Å². The largest absolute Gasteiger partial charge is 0.494 e. The summed E-state index contributed by atoms with van der Waals surface area (Å²) >= 11 is 0. The molecule has 8 unspecified atom stereocenters. The maximum atomic E-state index is 12.9. The number of allylic oxidation sites excluding steroid dienone is 1. The number of hydrogen-bond acceptors (Lipinski definition) is 3. The van der Waals surface area contributed by atoms with Gasteiger partial charge in [0, 0.05) is 6.42 Å². The fraction of sp³-hybridized carbons (Fsp3) is 0.750. The Labute approximate surface area is 238 Å². The molecule has 4 aliphatic carbocycles. The zero-order chi connectivity index (χ0) is 27.8. The molecule has 5 rings (SSSR count). The van der Waals surface area contributed by atoms with E-state index in [1.54, 1.807) is 5.57 Å². The van der Waals surface area contributed by atoms with E-state index >= 15 is 0 Å². The van der Waals surface area contributed by atoms with Crippen LogP contribution in [0.25, 0.3) is 0 Å². The van der Waals surface area contributed by atoms with E-state index in [1.165, 1.54) is 51.4 Å². The van der Waals surface area contributed by atoms with E-state index in [0.717, 1.165) is 60.5 Å². The normalized spacial score (nSPS) is 36.4. The van der Waals surface area contributed by atoms with Crippen LogP contribution in [-0.2, 0) is 4.74 Å². The minimum atomic E-state index is -0.200. The predicted octanol–water partition coefficient (Wildman–Crippen LogP) is 9.65. The van der Waals surface area contributed by atoms with Crippen molar-refractivity contribution in [2.75, 3.05) is 6.61 Å². The Bertz CT molecular complexity index is 1020. The zero-order valence-electron chi connectivity index (χ0n) is 25.6. The predicted molar refractivity (Wildman–Crippen MR) is 160 cm³/mol. The fourth-order valence-electron chi connectivity index (χ4n) is 9.83. The zero-order valence-corrected chi connectivity index (χ0v) is 25.6. The van der Waals surface area contributed by atoms with E-state index in [-0.39, 0.29) is 17.5 Å². The molecule has 0 amide bonds. The molecular weight excluding hydrogens is 480 g/mol. The van der Waals surface area contributed by atoms with E-state index in [2.05, 4.69) is 40.7 Å². The Hall–Kier alpha value is -1.77. The molecular formula is C36H54O3. The number of hydrogen-bond donors (Lipinski definition) is 0. The van der Waals surface area contributed by atoms with Crippen molar-refractivity contribution in [3.05, 3.63) is 41.5 Å². The van der Waals surface area contributed by atoms with E-state index < -0.39 is 0 Å². The summed E-state index contributed by atoms with van der Waals surface area (Å²) in [4.78, 5) is 12.9. The molecule has 0 aliphatic heterocycles. The molecule has 8 atom stereocenters. The number of benzene rings is 1. The highest BCUT2D eigenvalue weighted by atomic mass is 16.5. The van der Waals surface area contributed by atoms with Crippen molar-refractivity contribution >= 4 is 5.97 Å². The van der Waals surface area contributed by atoms with Crippen LogP contribution in [0, 0.1) is 46.3 Å². The monoisotopic (exact) mass is 534 g/mol. The smallest absolute Gasteiger partial charge is 0.338 e. The lowest BCUT2D eigenvalue weighted by Crippen LogP contribution is -2.51. The van der Waals surface area contributed by atoms with Crippen LogP contribution in [0.1, 0.15) is 123 Å². The first kappa shape index (κ1) is 28.7. The number of carbonyl (C=O) groups excluding carboxylic acids is 1. The van der Waals surface area contributed by atoms with Crippen LogP contribution in [-0.4, -0.2) is 18.7 Å². The van der Waals surface area contributed by atoms with Crippen LogP contribution in [0.2, 0.25) is 0 Å². The standard InChI is InChI=1S/C36H54O3/c1-7-38-28-14-11-26(12-15-28)34(37)39-29-19-21-35(5)27(23-29)13-16-30-32-18-17-31(25(4)10-8-9-24(2)3)36(32,6)22-20-33(30)35/h11-15,24-25,29-33H,7-10,16-23H2,1-6H3. The van der Waals surface area contributed by atoms with Crippen LogP contribution < -0.4 is 4.74 Å². The summed E-state index contributed by atoms with van der Waals surface area (Å²) in [6, 6.07) is 7.37. The van der Waals surface area contributed by atoms with Gasteiger partial charge < -0.3 is 9.47 Å². The summed E-state index contributed by atoms with van der Waals surface area (Å²) in [5.74, 6) is 5.72. The maximum Gasteiger partial charge on any atom is 0.338 e. The molecule has 216 valence electrons. The minimum absolute atomic E-state index is 0.00338. The number of rotatable bonds is 9. The number of esters is 1. The van der Waals surface area contributed by atoms with Crippen molar-refractivity contribution in [3.8, 4) is 5.75 Å². The van der Waals surface area contributed by atoms with Gasteiger partial charge in [-0.05, 0) is 122 Å². The molecule has 0 saturated heterocycles. The average Bonchev–Trinajstić information content (AvgIpc) is 3.26. The molecule has 0 spiro atoms. The van der Waals surface area contributed by atoms with Crippen molar-refractivity contribution in [2.45, 2.75) is 118 Å². The van der Waals surface area contributed by atoms with Crippen LogP contribution in [0.3, 0.4) is 0 Å². The third kappa shape index (κ3) is 5.58. The van der Waals surface area contributed by atoms with E-state index in [1.807, 2.05) is 31.2 Å². The molecule has 0 aromatic heterocycles. The minimum Gasteiger partial charge on any atom is -0.494 e. The second-order valence-electron chi connectivity index (χ2n) is 14.5. The summed E-state index contributed by atoms with van der Waals surface area (Å²) < 4.78 is 11.6. The van der Waals surface area contributed by atoms with Crippen molar-refractivity contribution in [1.29, 1.82) is 0 Å². The summed E-state index contributed by atoms with van der Waals surface area (Å²) in [5.41, 5.74) is 3.02. The lowest BCUT2D eigenvalue weighted by molar-refractivity contribution is -0.0594. The molecule has 3 saturated carbocycles. The number of carbonyl (C=O) groups is 1. The van der Waals surface area contributed by atoms with Gasteiger partial charge in [0.2, 0.25) is 0 Å². The SMILES string of the molecule is CCOc1ccc(C(=O)OC2CCC3(C)C(=CCC4C3CCC3(C)C(C(C)CCCC(C)C)CCC43)C2)cc1. The van der Waals surface area contributed by atoms with Gasteiger partial charge in [-0.3, -0.25) is 0 Å². The first-order chi connectivity index (χ1) is 18.7. The highest BCUT2D eigenvalue weighted by Gasteiger charge is 2.59. The van der Waals surface area contributed by atoms with E-state index in [4.69, 9.17) is 9.47 Å². The number of ether oxygens (including phenoxy) is 2. The maximum absolute atomic E-state index is 12.9. The molecule has 0 heterocycles. The average molecular weight is 535 g/mol. The Morgan fingerprint density at radius 3 is 2.46 bits per heavy atom. The molecule has 4 aliphatic rings. The van der Waals surface area contributed by atoms with Gasteiger partial charge in [0.25, 0.3) is 0 Å². The van der Waals surface area contributed by atoms with E-state index in [0.29, 0.717) is 17.6 Å². The van der Waals surface area contributed by atoms with E-state index in [9.17, 15) is 4.79 Å². The highest BCUT2D eigenvalue weighted by Crippen LogP contribution is 2.67. The number of fused-ring (bicyclic) bond motifs is 5. The van der Waals surface area contributed by atoms with Gasteiger partial charge in [-0.25, -0.2) is 4.79 Å². The third-order valence-corrected chi connectivity index (χ3v) is 11.9. The lowest BCUT2D eigenvalue weighted by Gasteiger charge is -2.58. The Morgan fingerprint density at radius 2 is 1.74 bits per heavy atom. The quantitative estimate of drug-likeness (QED) is 0.234. The fourth-order valence-corrected chi connectivity index (χ4v) is 9.83. The highest BCUT2D eigenvalue weighted by molar-refractivity contribution is 5.89. The lowest BCUT2D eigenvalue weighted by atomic mass is 9.47. The molecule has 0 N–H and O–H groups in total. The summed E-state index contributed by atoms with van der Waals surface area (Å²) in [6.45, 7) is 15.1. The molecule has 0 radical (unpaired) electrons. The van der Waals surface area contributed by atoms with Crippen molar-refractivity contribution < 1.29 is 14.3 Å². The topological polar surface area (TPSA) is 35.5 Å². The van der Waals surface area contributed by atoms with Crippen molar-refractivity contribution in [2.24, 2.45) is 46.3 Å². The van der Waals surface area contributed by atoms with Crippen LogP contribution in [0.4, 0.5) is 0 Å². The first-order valence-corrected chi connectivity index (χ1v) is 16.3. The molecule has 0 bridgehead atoms. The van der Waals surface area contributed by atoms with Crippen LogP contribution in [0.15, 0.2) is 35.9 Å².